The van der Waals surface area contributed by atoms with E-state index in [0.29, 0.717) is 5.57 Å². The summed E-state index contributed by atoms with van der Waals surface area (Å²) in [7, 11) is -10.6. The Morgan fingerprint density at radius 1 is 0.479 bits per heavy atom. The van der Waals surface area contributed by atoms with Crippen LogP contribution in [0.2, 0.25) is 0 Å². The minimum Gasteiger partial charge on any atom is -0.393 e. The summed E-state index contributed by atoms with van der Waals surface area (Å²) in [6.45, 7) is 14.5. The number of aliphatic hydroxyl groups is 20. The summed E-state index contributed by atoms with van der Waals surface area (Å²) < 4.78 is 162. The average Bonchev–Trinajstić information content (AvgIpc) is 1.30. The van der Waals surface area contributed by atoms with Gasteiger partial charge in [0.1, 0.15) is 153 Å². The second-order valence-electron chi connectivity index (χ2n) is 35.6. The van der Waals surface area contributed by atoms with Crippen LogP contribution in [0.15, 0.2) is 23.8 Å². The van der Waals surface area contributed by atoms with Crippen LogP contribution in [0.4, 0.5) is 0 Å². The molecule has 0 aromatic carbocycles. The van der Waals surface area contributed by atoms with Crippen LogP contribution in [0.3, 0.4) is 0 Å². The van der Waals surface area contributed by atoms with Gasteiger partial charge in [0.05, 0.1) is 140 Å². The highest BCUT2D eigenvalue weighted by molar-refractivity contribution is 7.81. The minimum atomic E-state index is -5.44. The van der Waals surface area contributed by atoms with Gasteiger partial charge in [0.15, 0.2) is 0 Å². The van der Waals surface area contributed by atoms with Crippen molar-refractivity contribution in [2.75, 3.05) is 6.61 Å². The maximum absolute atomic E-state index is 12.5. The molecule has 13 aliphatic heterocycles. The first-order chi connectivity index (χ1) is 54.7. The largest absolute Gasteiger partial charge is 0.397 e. The molecule has 43 heteroatoms. The van der Waals surface area contributed by atoms with Crippen molar-refractivity contribution in [3.63, 3.8) is 0 Å². The summed E-state index contributed by atoms with van der Waals surface area (Å²) in [5, 5.41) is 229. The van der Waals surface area contributed by atoms with Crippen molar-refractivity contribution in [2.24, 2.45) is 17.8 Å². The van der Waals surface area contributed by atoms with Crippen molar-refractivity contribution < 1.29 is 198 Å². The Balaban J connectivity index is 0.620. The normalized spacial score (nSPS) is 49.7. The van der Waals surface area contributed by atoms with E-state index in [4.69, 9.17) is 69.9 Å². The van der Waals surface area contributed by atoms with Crippen LogP contribution in [-0.4, -0.2) is 421 Å². The molecule has 13 rings (SSSR count). The van der Waals surface area contributed by atoms with E-state index in [1.54, 1.807) is 27.7 Å². The molecule has 13 fully saturated rings. The molecule has 117 heavy (non-hydrogen) atoms. The van der Waals surface area contributed by atoms with Crippen molar-refractivity contribution in [2.45, 2.75) is 411 Å². The first-order valence-corrected chi connectivity index (χ1v) is 43.2. The van der Waals surface area contributed by atoms with Gasteiger partial charge >= 0.3 is 20.8 Å². The number of ether oxygens (including phenoxy) is 13. The zero-order valence-electron chi connectivity index (χ0n) is 65.6. The van der Waals surface area contributed by atoms with Crippen LogP contribution in [0.5, 0.6) is 0 Å². The van der Waals surface area contributed by atoms with Crippen molar-refractivity contribution in [1.82, 2.24) is 0 Å². The topological polar surface area (TPSA) is 652 Å². The Labute approximate surface area is 675 Å². The minimum absolute atomic E-state index is 0.00801. The van der Waals surface area contributed by atoms with Gasteiger partial charge in [-0.05, 0) is 69.9 Å². The van der Waals surface area contributed by atoms with Crippen molar-refractivity contribution in [3.05, 3.63) is 23.8 Å². The molecule has 0 aromatic rings. The number of aliphatic hydroxyl groups excluding tert-OH is 20. The fraction of sp³-hybridized carbons (Fsp3) is 0.946. The Morgan fingerprint density at radius 2 is 0.983 bits per heavy atom. The van der Waals surface area contributed by atoms with Gasteiger partial charge in [-0.25, -0.2) is 8.37 Å². The Bertz CT molecular complexity index is 3630. The number of hydrogen-bond acceptors (Lipinski definition) is 39. The molecule has 50 unspecified atom stereocenters. The summed E-state index contributed by atoms with van der Waals surface area (Å²) in [4.78, 5) is 0. The highest BCUT2D eigenvalue weighted by atomic mass is 32.3. The molecule has 13 heterocycles. The van der Waals surface area contributed by atoms with E-state index in [9.17, 15) is 128 Å². The van der Waals surface area contributed by atoms with Crippen molar-refractivity contribution in [1.29, 1.82) is 0 Å². The second kappa shape index (κ2) is 36.0. The first-order valence-electron chi connectivity index (χ1n) is 40.5. The molecule has 0 amide bonds. The van der Waals surface area contributed by atoms with Gasteiger partial charge in [0, 0.05) is 63.7 Å². The number of fused-ring (bicyclic) bond motifs is 10. The molecule has 13 aliphatic rings. The van der Waals surface area contributed by atoms with Crippen molar-refractivity contribution >= 4 is 20.8 Å². The quantitative estimate of drug-likeness (QED) is 0.0298. The Hall–Kier alpha value is -2.10. The van der Waals surface area contributed by atoms with Crippen LogP contribution in [-0.2, 0) is 90.7 Å². The predicted octanol–water partition coefficient (Wildman–Crippen LogP) is -7.92. The van der Waals surface area contributed by atoms with E-state index in [0.717, 1.165) is 0 Å². The molecular weight excluding hydrogens is 1610 g/mol. The van der Waals surface area contributed by atoms with E-state index in [1.807, 2.05) is 0 Å². The standard InChI is InChI=1S/C74H120O41S2/c1-23(11-12-75)27(5)29(77)13-25(3)47(84)35(114-116(95,96)97)10-9-24(2)46(83)28(6)58-49(86)51(88)67-61(108-58)34(82)21-73(7)45(107-67)20-38-44(113-73)22-74(8)72(106-38)57(94)65-43(112-74)17-33(81)60(110-65)48(85)30(78)15-40-66(115-117(98,99)100)55(92)63-41(101-40)18-36-37(102-63)19-42-64(103-36)56(93)71-69(105-42)53(90)54(91)70(111-71)68-52(89)50(87)62-39(104-68)16-32(80)59(109-62)31(79)14-26(4)76/h11,24-26,28-72,75-94H,5,9-10,12-22H2,1-4,6-8H3,(H,95,96,97)(H,98,99,100). The van der Waals surface area contributed by atoms with Crippen LogP contribution in [0.1, 0.15) is 126 Å². The van der Waals surface area contributed by atoms with Gasteiger partial charge in [-0.2, -0.15) is 16.8 Å². The molecule has 13 saturated heterocycles. The summed E-state index contributed by atoms with van der Waals surface area (Å²) >= 11 is 0. The molecule has 0 bridgehead atoms. The van der Waals surface area contributed by atoms with Crippen molar-refractivity contribution in [3.8, 4) is 0 Å². The third-order valence-electron chi connectivity index (χ3n) is 27.1. The Kier molecular flexibility index (Phi) is 28.5. The lowest BCUT2D eigenvalue weighted by atomic mass is 9.74. The van der Waals surface area contributed by atoms with Gasteiger partial charge in [-0.15, -0.1) is 0 Å². The zero-order valence-corrected chi connectivity index (χ0v) is 67.2. The van der Waals surface area contributed by atoms with Gasteiger partial charge in [-0.3, -0.25) is 9.11 Å². The van der Waals surface area contributed by atoms with Gasteiger partial charge in [-0.1, -0.05) is 33.4 Å². The molecular formula is C74H120O41S2. The number of rotatable bonds is 25. The van der Waals surface area contributed by atoms with E-state index in [1.165, 1.54) is 26.8 Å². The summed E-state index contributed by atoms with van der Waals surface area (Å²) in [6.07, 6.45) is -66.8. The maximum atomic E-state index is 12.5. The third kappa shape index (κ3) is 18.7. The monoisotopic (exact) mass is 1730 g/mol. The van der Waals surface area contributed by atoms with Gasteiger partial charge in [0.25, 0.3) is 0 Å². The fourth-order valence-electron chi connectivity index (χ4n) is 20.7. The van der Waals surface area contributed by atoms with E-state index < -0.39 is 331 Å². The molecule has 22 N–H and O–H groups in total. The molecule has 41 nitrogen and oxygen atoms in total. The van der Waals surface area contributed by atoms with Crippen LogP contribution < -0.4 is 0 Å². The second-order valence-corrected chi connectivity index (χ2v) is 37.7. The van der Waals surface area contributed by atoms with Gasteiger partial charge < -0.3 is 164 Å². The molecule has 0 saturated carbocycles. The summed E-state index contributed by atoms with van der Waals surface area (Å²) in [6, 6.07) is 0. The lowest BCUT2D eigenvalue weighted by molar-refractivity contribution is -0.372. The molecule has 0 aromatic heterocycles. The Morgan fingerprint density at radius 3 is 1.60 bits per heavy atom. The average molecular weight is 1730 g/mol. The SMILES string of the molecule is C=C(C(C)=CCO)C(O)CC(C)C(O)C(CCC(C)C(O)C(C)C1OC2C(O)CC3(C)OC4CC5(C)OC6CC(O)C(C(O)C(O)CC7OC8CC9OC%10C(CC9OC8C(O)C7OS(=O)(=O)O)OC7C(O)C(O)C(C8OC9CC(O)C(C(O)CC(C)O)OC9C(O)C8O)OC7C%10O)OC6C(O)C5OC4CC3OC2C(O)C1O)OS(=O)(=O)O. The van der Waals surface area contributed by atoms with E-state index >= 15 is 0 Å². The van der Waals surface area contributed by atoms with Crippen LogP contribution in [0.25, 0.3) is 0 Å². The molecule has 50 atom stereocenters. The molecule has 0 radical (unpaired) electrons. The van der Waals surface area contributed by atoms with Gasteiger partial charge in [0.2, 0.25) is 0 Å². The molecule has 674 valence electrons. The van der Waals surface area contributed by atoms with Crippen LogP contribution in [0, 0.1) is 17.8 Å². The lowest BCUT2D eigenvalue weighted by Crippen LogP contribution is -2.75. The lowest BCUT2D eigenvalue weighted by Gasteiger charge is -2.60. The molecule has 0 spiro atoms. The zero-order chi connectivity index (χ0) is 85.4. The highest BCUT2D eigenvalue weighted by Gasteiger charge is 2.68. The highest BCUT2D eigenvalue weighted by Crippen LogP contribution is 2.53. The first kappa shape index (κ1) is 92.6. The summed E-state index contributed by atoms with van der Waals surface area (Å²) in [5.74, 6) is -2.61. The predicted molar refractivity (Wildman–Crippen MR) is 387 cm³/mol. The van der Waals surface area contributed by atoms with E-state index in [2.05, 4.69) is 6.58 Å². The maximum Gasteiger partial charge on any atom is 0.397 e. The van der Waals surface area contributed by atoms with E-state index in [-0.39, 0.29) is 82.8 Å². The fourth-order valence-corrected chi connectivity index (χ4v) is 21.8. The third-order valence-corrected chi connectivity index (χ3v) is 28.1. The summed E-state index contributed by atoms with van der Waals surface area (Å²) in [5.41, 5.74) is -1.99. The number of hydrogen-bond donors (Lipinski definition) is 22. The van der Waals surface area contributed by atoms with Crippen LogP contribution >= 0.6 is 0 Å². The smallest absolute Gasteiger partial charge is 0.393 e. The molecule has 0 aliphatic carbocycles.